The SMILES string of the molecule is COC1(C(=O)CO)NCCN2C(c3ccccc3)c3ccccc3CC21. The summed E-state index contributed by atoms with van der Waals surface area (Å²) in [6.45, 7) is 0.896. The van der Waals surface area contributed by atoms with Crippen molar-refractivity contribution in [1.29, 1.82) is 0 Å². The molecule has 1 saturated heterocycles. The van der Waals surface area contributed by atoms with Crippen LogP contribution in [0.5, 0.6) is 0 Å². The first-order valence-electron chi connectivity index (χ1n) is 9.04. The molecule has 2 aliphatic heterocycles. The van der Waals surface area contributed by atoms with Crippen molar-refractivity contribution in [3.63, 3.8) is 0 Å². The molecule has 26 heavy (non-hydrogen) atoms. The maximum Gasteiger partial charge on any atom is 0.206 e. The predicted octanol–water partition coefficient (Wildman–Crippen LogP) is 1.51. The van der Waals surface area contributed by atoms with E-state index < -0.39 is 12.3 Å². The van der Waals surface area contributed by atoms with Gasteiger partial charge in [-0.1, -0.05) is 54.6 Å². The normalized spacial score (nSPS) is 28.2. The van der Waals surface area contributed by atoms with Crippen LogP contribution in [0.1, 0.15) is 22.7 Å². The van der Waals surface area contributed by atoms with Crippen LogP contribution in [0.4, 0.5) is 0 Å². The lowest BCUT2D eigenvalue weighted by Gasteiger charge is -2.54. The number of ether oxygens (including phenoxy) is 1. The highest BCUT2D eigenvalue weighted by atomic mass is 16.5. The smallest absolute Gasteiger partial charge is 0.206 e. The molecule has 0 saturated carbocycles. The number of Topliss-reactive ketones (excluding diaryl/α,β-unsaturated/α-hetero) is 1. The summed E-state index contributed by atoms with van der Waals surface area (Å²) in [6.07, 6.45) is 0.700. The van der Waals surface area contributed by atoms with Gasteiger partial charge >= 0.3 is 0 Å². The van der Waals surface area contributed by atoms with Crippen LogP contribution in [0, 0.1) is 0 Å². The summed E-state index contributed by atoms with van der Waals surface area (Å²) >= 11 is 0. The summed E-state index contributed by atoms with van der Waals surface area (Å²) in [5.41, 5.74) is 2.51. The van der Waals surface area contributed by atoms with Crippen molar-refractivity contribution < 1.29 is 14.6 Å². The molecule has 0 bridgehead atoms. The minimum Gasteiger partial charge on any atom is -0.388 e. The monoisotopic (exact) mass is 352 g/mol. The van der Waals surface area contributed by atoms with Gasteiger partial charge in [-0.15, -0.1) is 0 Å². The standard InChI is InChI=1S/C21H24N2O3/c1-26-21(19(25)14-24)18-13-16-9-5-6-10-17(16)20(23(18)12-11-22-21)15-7-3-2-4-8-15/h2-10,18,20,22,24H,11-14H2,1H3. The molecule has 2 aliphatic rings. The van der Waals surface area contributed by atoms with E-state index in [0.29, 0.717) is 13.0 Å². The van der Waals surface area contributed by atoms with Gasteiger partial charge in [0.15, 0.2) is 5.72 Å². The summed E-state index contributed by atoms with van der Waals surface area (Å²) < 4.78 is 5.74. The molecule has 1 fully saturated rings. The van der Waals surface area contributed by atoms with Crippen LogP contribution >= 0.6 is 0 Å². The number of hydrogen-bond donors (Lipinski definition) is 2. The molecule has 5 heteroatoms. The number of ketones is 1. The number of carbonyl (C=O) groups is 1. The van der Waals surface area contributed by atoms with Crippen LogP contribution in [0.2, 0.25) is 0 Å². The topological polar surface area (TPSA) is 61.8 Å². The molecule has 2 heterocycles. The molecular formula is C21H24N2O3. The Bertz CT molecular complexity index is 795. The number of benzene rings is 2. The van der Waals surface area contributed by atoms with Gasteiger partial charge in [0.2, 0.25) is 5.78 Å². The molecule has 0 radical (unpaired) electrons. The Balaban J connectivity index is 1.86. The summed E-state index contributed by atoms with van der Waals surface area (Å²) in [7, 11) is 1.54. The van der Waals surface area contributed by atoms with Crippen molar-refractivity contribution in [1.82, 2.24) is 10.2 Å². The molecule has 0 aliphatic carbocycles. The van der Waals surface area contributed by atoms with Crippen molar-refractivity contribution in [2.24, 2.45) is 0 Å². The predicted molar refractivity (Wildman–Crippen MR) is 98.8 cm³/mol. The summed E-state index contributed by atoms with van der Waals surface area (Å²) in [5.74, 6) is -0.319. The van der Waals surface area contributed by atoms with Gasteiger partial charge in [0.05, 0.1) is 12.1 Å². The van der Waals surface area contributed by atoms with Crippen molar-refractivity contribution in [2.45, 2.75) is 24.2 Å². The van der Waals surface area contributed by atoms with Gasteiger partial charge in [-0.05, 0) is 23.1 Å². The van der Waals surface area contributed by atoms with E-state index in [0.717, 1.165) is 6.54 Å². The zero-order chi connectivity index (χ0) is 18.1. The molecule has 0 aromatic heterocycles. The van der Waals surface area contributed by atoms with Gasteiger partial charge in [0.25, 0.3) is 0 Å². The number of methoxy groups -OCH3 is 1. The highest BCUT2D eigenvalue weighted by Crippen LogP contribution is 2.42. The van der Waals surface area contributed by atoms with Gasteiger partial charge in [-0.25, -0.2) is 0 Å². The summed E-state index contributed by atoms with van der Waals surface area (Å²) in [6, 6.07) is 18.7. The second kappa shape index (κ2) is 6.93. The van der Waals surface area contributed by atoms with Crippen LogP contribution in [-0.4, -0.2) is 54.4 Å². The number of rotatable bonds is 4. The van der Waals surface area contributed by atoms with Crippen molar-refractivity contribution in [3.05, 3.63) is 71.3 Å². The molecular weight excluding hydrogens is 328 g/mol. The number of fused-ring (bicyclic) bond motifs is 2. The second-order valence-electron chi connectivity index (χ2n) is 6.92. The van der Waals surface area contributed by atoms with Crippen LogP contribution in [0.3, 0.4) is 0 Å². The number of nitrogens with one attached hydrogen (secondary N) is 1. The third-order valence-electron chi connectivity index (χ3n) is 5.72. The Morgan fingerprint density at radius 1 is 1.23 bits per heavy atom. The average Bonchev–Trinajstić information content (AvgIpc) is 2.71. The molecule has 0 amide bonds. The Hall–Kier alpha value is -2.05. The van der Waals surface area contributed by atoms with Gasteiger partial charge < -0.3 is 9.84 Å². The van der Waals surface area contributed by atoms with Gasteiger partial charge in [-0.3, -0.25) is 15.0 Å². The zero-order valence-corrected chi connectivity index (χ0v) is 14.9. The number of piperazine rings is 1. The first-order chi connectivity index (χ1) is 12.7. The van der Waals surface area contributed by atoms with E-state index in [2.05, 4.69) is 40.5 Å². The highest BCUT2D eigenvalue weighted by molar-refractivity contribution is 5.89. The maximum atomic E-state index is 12.7. The van der Waals surface area contributed by atoms with E-state index in [4.69, 9.17) is 4.74 Å². The first kappa shape index (κ1) is 17.4. The van der Waals surface area contributed by atoms with E-state index in [9.17, 15) is 9.90 Å². The maximum absolute atomic E-state index is 12.7. The zero-order valence-electron chi connectivity index (χ0n) is 14.9. The van der Waals surface area contributed by atoms with Crippen molar-refractivity contribution in [3.8, 4) is 0 Å². The Labute approximate surface area is 153 Å². The lowest BCUT2D eigenvalue weighted by Crippen LogP contribution is -2.73. The largest absolute Gasteiger partial charge is 0.388 e. The number of nitrogens with zero attached hydrogens (tertiary/aromatic N) is 1. The summed E-state index contributed by atoms with van der Waals surface area (Å²) in [5, 5.41) is 12.8. The fraction of sp³-hybridized carbons (Fsp3) is 0.381. The van der Waals surface area contributed by atoms with E-state index in [1.807, 2.05) is 24.3 Å². The van der Waals surface area contributed by atoms with Gasteiger partial charge in [0, 0.05) is 20.2 Å². The lowest BCUT2D eigenvalue weighted by atomic mass is 9.79. The third kappa shape index (κ3) is 2.59. The number of carbonyl (C=O) groups excluding carboxylic acids is 1. The fourth-order valence-electron chi connectivity index (χ4n) is 4.55. The molecule has 5 nitrogen and oxygen atoms in total. The van der Waals surface area contributed by atoms with E-state index in [1.165, 1.54) is 16.7 Å². The first-order valence-corrected chi connectivity index (χ1v) is 9.04. The third-order valence-corrected chi connectivity index (χ3v) is 5.72. The van der Waals surface area contributed by atoms with E-state index in [1.54, 1.807) is 7.11 Å². The molecule has 136 valence electrons. The molecule has 2 aromatic carbocycles. The van der Waals surface area contributed by atoms with Gasteiger partial charge in [-0.2, -0.15) is 0 Å². The minimum atomic E-state index is -1.19. The Kier molecular flexibility index (Phi) is 4.63. The average molecular weight is 352 g/mol. The highest BCUT2D eigenvalue weighted by Gasteiger charge is 2.53. The summed E-state index contributed by atoms with van der Waals surface area (Å²) in [4.78, 5) is 15.0. The number of aliphatic hydroxyl groups is 1. The molecule has 0 spiro atoms. The lowest BCUT2D eigenvalue weighted by molar-refractivity contribution is -0.170. The van der Waals surface area contributed by atoms with Crippen LogP contribution in [0.15, 0.2) is 54.6 Å². The molecule has 4 rings (SSSR count). The molecule has 2 aromatic rings. The minimum absolute atomic E-state index is 0.0641. The number of hydrogen-bond acceptors (Lipinski definition) is 5. The molecule has 2 N–H and O–H groups in total. The second-order valence-corrected chi connectivity index (χ2v) is 6.92. The van der Waals surface area contributed by atoms with Gasteiger partial charge in [0.1, 0.15) is 6.61 Å². The molecule has 3 atom stereocenters. The fourth-order valence-corrected chi connectivity index (χ4v) is 4.55. The Morgan fingerprint density at radius 2 is 1.96 bits per heavy atom. The van der Waals surface area contributed by atoms with Crippen LogP contribution in [0.25, 0.3) is 0 Å². The van der Waals surface area contributed by atoms with E-state index in [-0.39, 0.29) is 17.9 Å². The van der Waals surface area contributed by atoms with Crippen molar-refractivity contribution in [2.75, 3.05) is 26.8 Å². The molecule has 3 unspecified atom stereocenters. The number of aliphatic hydroxyl groups excluding tert-OH is 1. The van der Waals surface area contributed by atoms with E-state index >= 15 is 0 Å². The van der Waals surface area contributed by atoms with Crippen LogP contribution < -0.4 is 5.32 Å². The Morgan fingerprint density at radius 3 is 2.69 bits per heavy atom. The van der Waals surface area contributed by atoms with Crippen molar-refractivity contribution >= 4 is 5.78 Å². The van der Waals surface area contributed by atoms with Crippen LogP contribution in [-0.2, 0) is 16.0 Å². The quantitative estimate of drug-likeness (QED) is 0.873.